The fourth-order valence-electron chi connectivity index (χ4n) is 4.16. The minimum absolute atomic E-state index is 0.00422. The molecule has 2 aliphatic heterocycles. The molecule has 0 radical (unpaired) electrons. The number of ether oxygens (including phenoxy) is 1. The second kappa shape index (κ2) is 8.68. The van der Waals surface area contributed by atoms with Gasteiger partial charge in [-0.3, -0.25) is 9.69 Å². The largest absolute Gasteiger partial charge is 0.368 e. The van der Waals surface area contributed by atoms with Crippen molar-refractivity contribution in [1.29, 1.82) is 0 Å². The van der Waals surface area contributed by atoms with Crippen molar-refractivity contribution in [2.75, 3.05) is 31.1 Å². The smallest absolute Gasteiger partial charge is 0.227 e. The minimum atomic E-state index is 0.00422. The Kier molecular flexibility index (Phi) is 5.62. The number of rotatable bonds is 5. The van der Waals surface area contributed by atoms with E-state index in [4.69, 9.17) is 9.72 Å². The van der Waals surface area contributed by atoms with Crippen LogP contribution in [0.1, 0.15) is 29.5 Å². The lowest BCUT2D eigenvalue weighted by Crippen LogP contribution is -2.37. The first-order chi connectivity index (χ1) is 14.8. The zero-order valence-electron chi connectivity index (χ0n) is 16.9. The molecule has 5 rings (SSSR count). The highest BCUT2D eigenvalue weighted by molar-refractivity contribution is 7.10. The Morgan fingerprint density at radius 2 is 2.00 bits per heavy atom. The Bertz CT molecular complexity index is 1020. The number of hydrogen-bond acceptors (Lipinski definition) is 5. The molecule has 3 aromatic rings. The van der Waals surface area contributed by atoms with Crippen LogP contribution in [0.25, 0.3) is 11.3 Å². The van der Waals surface area contributed by atoms with Crippen LogP contribution in [0, 0.1) is 0 Å². The normalized spacial score (nSPS) is 20.1. The number of anilines is 1. The first-order valence-electron chi connectivity index (χ1n) is 10.5. The maximum absolute atomic E-state index is 12.1. The average molecular weight is 420 g/mol. The van der Waals surface area contributed by atoms with Gasteiger partial charge in [-0.05, 0) is 24.1 Å². The van der Waals surface area contributed by atoms with Crippen molar-refractivity contribution >= 4 is 22.9 Å². The number of nitrogens with zero attached hydrogens (tertiary/aromatic N) is 3. The number of morpholine rings is 1. The Balaban J connectivity index is 1.30. The van der Waals surface area contributed by atoms with Crippen LogP contribution in [0.5, 0.6) is 0 Å². The van der Waals surface area contributed by atoms with Gasteiger partial charge in [0.1, 0.15) is 11.1 Å². The molecule has 2 aromatic carbocycles. The van der Waals surface area contributed by atoms with Crippen molar-refractivity contribution in [2.24, 2.45) is 0 Å². The van der Waals surface area contributed by atoms with Crippen molar-refractivity contribution in [3.8, 4) is 11.3 Å². The molecule has 0 bridgehead atoms. The summed E-state index contributed by atoms with van der Waals surface area (Å²) in [6.45, 7) is 4.25. The first-order valence-corrected chi connectivity index (χ1v) is 11.4. The van der Waals surface area contributed by atoms with Gasteiger partial charge >= 0.3 is 0 Å². The summed E-state index contributed by atoms with van der Waals surface area (Å²) in [6.07, 6.45) is 1.58. The molecule has 2 saturated heterocycles. The lowest BCUT2D eigenvalue weighted by Gasteiger charge is -2.32. The van der Waals surface area contributed by atoms with Gasteiger partial charge in [-0.25, -0.2) is 4.98 Å². The van der Waals surface area contributed by atoms with Gasteiger partial charge in [-0.1, -0.05) is 42.5 Å². The number of carbonyl (C=O) groups excluding carboxylic acids is 1. The molecule has 0 spiro atoms. The Hall–Kier alpha value is -2.54. The molecule has 0 N–H and O–H groups in total. The second-order valence-electron chi connectivity index (χ2n) is 7.85. The summed E-state index contributed by atoms with van der Waals surface area (Å²) in [7, 11) is 0. The standard InChI is InChI=1S/C24H25N3O2S/c28-23-10-5-11-27(23)20-9-4-8-19(14-20)21-17-30-24(25-21)22-16-26(12-13-29-22)15-18-6-2-1-3-7-18/h1-4,6-9,14,17,22H,5,10-13,15-16H2. The molecule has 5 nitrogen and oxygen atoms in total. The Labute approximate surface area is 180 Å². The lowest BCUT2D eigenvalue weighted by molar-refractivity contribution is -0.117. The third-order valence-corrected chi connectivity index (χ3v) is 6.66. The van der Waals surface area contributed by atoms with Crippen molar-refractivity contribution in [2.45, 2.75) is 25.5 Å². The van der Waals surface area contributed by atoms with E-state index in [9.17, 15) is 4.79 Å². The van der Waals surface area contributed by atoms with Crippen molar-refractivity contribution < 1.29 is 9.53 Å². The van der Waals surface area contributed by atoms with Crippen LogP contribution >= 0.6 is 11.3 Å². The van der Waals surface area contributed by atoms with Gasteiger partial charge in [0, 0.05) is 49.2 Å². The van der Waals surface area contributed by atoms with Gasteiger partial charge < -0.3 is 9.64 Å². The van der Waals surface area contributed by atoms with Crippen LogP contribution in [0.4, 0.5) is 5.69 Å². The average Bonchev–Trinajstić information content (AvgIpc) is 3.44. The monoisotopic (exact) mass is 419 g/mol. The predicted octanol–water partition coefficient (Wildman–Crippen LogP) is 4.51. The molecule has 6 heteroatoms. The number of amides is 1. The number of benzene rings is 2. The number of thiazole rings is 1. The molecule has 0 aliphatic carbocycles. The van der Waals surface area contributed by atoms with Gasteiger partial charge in [0.25, 0.3) is 0 Å². The van der Waals surface area contributed by atoms with Crippen molar-refractivity contribution in [3.63, 3.8) is 0 Å². The van der Waals surface area contributed by atoms with E-state index in [1.165, 1.54) is 5.56 Å². The molecular formula is C24H25N3O2S. The van der Waals surface area contributed by atoms with Crippen LogP contribution in [0.3, 0.4) is 0 Å². The maximum atomic E-state index is 12.1. The van der Waals surface area contributed by atoms with Crippen LogP contribution in [0.15, 0.2) is 60.0 Å². The third-order valence-electron chi connectivity index (χ3n) is 5.72. The van der Waals surface area contributed by atoms with Crippen LogP contribution in [-0.4, -0.2) is 42.0 Å². The third kappa shape index (κ3) is 4.17. The highest BCUT2D eigenvalue weighted by atomic mass is 32.1. The highest BCUT2D eigenvalue weighted by Gasteiger charge is 2.25. The zero-order valence-corrected chi connectivity index (χ0v) is 17.7. The molecule has 2 aliphatic rings. The summed E-state index contributed by atoms with van der Waals surface area (Å²) in [4.78, 5) is 21.3. The molecule has 30 heavy (non-hydrogen) atoms. The lowest BCUT2D eigenvalue weighted by atomic mass is 10.1. The molecule has 2 fully saturated rings. The van der Waals surface area contributed by atoms with E-state index >= 15 is 0 Å². The number of carbonyl (C=O) groups is 1. The minimum Gasteiger partial charge on any atom is -0.368 e. The quantitative estimate of drug-likeness (QED) is 0.610. The molecule has 1 amide bonds. The summed E-state index contributed by atoms with van der Waals surface area (Å²) in [5.41, 5.74) is 4.29. The Morgan fingerprint density at radius 1 is 1.10 bits per heavy atom. The van der Waals surface area contributed by atoms with Gasteiger partial charge in [0.2, 0.25) is 5.91 Å². The molecule has 1 aromatic heterocycles. The fraction of sp³-hybridized carbons (Fsp3) is 0.333. The second-order valence-corrected chi connectivity index (χ2v) is 8.74. The van der Waals surface area contributed by atoms with E-state index < -0.39 is 0 Å². The molecule has 1 atom stereocenters. The Morgan fingerprint density at radius 3 is 2.83 bits per heavy atom. The molecular weight excluding hydrogens is 394 g/mol. The van der Waals surface area contributed by atoms with E-state index in [2.05, 4.69) is 52.7 Å². The zero-order chi connectivity index (χ0) is 20.3. The maximum Gasteiger partial charge on any atom is 0.227 e. The number of aromatic nitrogens is 1. The van der Waals surface area contributed by atoms with Crippen LogP contribution in [0.2, 0.25) is 0 Å². The molecule has 1 unspecified atom stereocenters. The fourth-order valence-corrected chi connectivity index (χ4v) is 5.03. The number of hydrogen-bond donors (Lipinski definition) is 0. The van der Waals surface area contributed by atoms with E-state index in [-0.39, 0.29) is 12.0 Å². The summed E-state index contributed by atoms with van der Waals surface area (Å²) < 4.78 is 6.05. The molecule has 3 heterocycles. The van der Waals surface area contributed by atoms with E-state index in [0.717, 1.165) is 61.2 Å². The topological polar surface area (TPSA) is 45.7 Å². The van der Waals surface area contributed by atoms with Gasteiger partial charge in [-0.2, -0.15) is 0 Å². The van der Waals surface area contributed by atoms with E-state index in [0.29, 0.717) is 6.42 Å². The summed E-state index contributed by atoms with van der Waals surface area (Å²) in [5.74, 6) is 0.209. The van der Waals surface area contributed by atoms with Gasteiger partial charge in [0.05, 0.1) is 12.3 Å². The highest BCUT2D eigenvalue weighted by Crippen LogP contribution is 2.32. The van der Waals surface area contributed by atoms with Crippen molar-refractivity contribution in [3.05, 3.63) is 70.5 Å². The van der Waals surface area contributed by atoms with Crippen LogP contribution < -0.4 is 4.90 Å². The molecule has 0 saturated carbocycles. The van der Waals surface area contributed by atoms with Gasteiger partial charge in [0.15, 0.2) is 0 Å². The molecule has 154 valence electrons. The van der Waals surface area contributed by atoms with Crippen LogP contribution in [-0.2, 0) is 16.1 Å². The first kappa shape index (κ1) is 19.4. The van der Waals surface area contributed by atoms with Crippen molar-refractivity contribution in [1.82, 2.24) is 9.88 Å². The summed E-state index contributed by atoms with van der Waals surface area (Å²) in [6, 6.07) is 18.7. The van der Waals surface area contributed by atoms with Gasteiger partial charge in [-0.15, -0.1) is 11.3 Å². The van der Waals surface area contributed by atoms with E-state index in [1.54, 1.807) is 11.3 Å². The summed E-state index contributed by atoms with van der Waals surface area (Å²) >= 11 is 1.65. The summed E-state index contributed by atoms with van der Waals surface area (Å²) in [5, 5.41) is 3.12. The van der Waals surface area contributed by atoms with E-state index in [1.807, 2.05) is 17.0 Å². The predicted molar refractivity (Wildman–Crippen MR) is 120 cm³/mol. The SMILES string of the molecule is O=C1CCCN1c1cccc(-c2csc(C3CN(Cc4ccccc4)CCO3)n2)c1.